The second kappa shape index (κ2) is 59.4. The largest absolute Gasteiger partial charge is 0.472 e. The van der Waals surface area contributed by atoms with E-state index in [1.165, 1.54) is 148 Å². The van der Waals surface area contributed by atoms with E-state index < -0.39 is 97.5 Å². The smallest absolute Gasteiger partial charge is 0.462 e. The highest BCUT2D eigenvalue weighted by atomic mass is 31.2. The molecule has 3 unspecified atom stereocenters. The van der Waals surface area contributed by atoms with Crippen molar-refractivity contribution < 1.29 is 80.2 Å². The molecule has 0 aliphatic heterocycles. The van der Waals surface area contributed by atoms with Crippen LogP contribution in [0.4, 0.5) is 0 Å². The van der Waals surface area contributed by atoms with E-state index in [2.05, 4.69) is 41.5 Å². The SMILES string of the molecule is CCCCCCCCCCCCCCCCCCCC(=O)O[C@H](COC(=O)CCCCCCCCCCCCCC(C)C)COP(=O)(O)OC[C@@H](O)COP(=O)(O)OC[C@@H](COC(=O)CCCCCCC)OC(=O)CCCCCCCCC(C)CC. The number of phosphoric acid groups is 2. The summed E-state index contributed by atoms with van der Waals surface area (Å²) in [6.45, 7) is 9.39. The molecule has 0 fully saturated rings. The summed E-state index contributed by atoms with van der Waals surface area (Å²) in [5.74, 6) is -0.650. The zero-order chi connectivity index (χ0) is 63.6. The maximum atomic E-state index is 13.0. The summed E-state index contributed by atoms with van der Waals surface area (Å²) < 4.78 is 67.9. The number of hydrogen-bond acceptors (Lipinski definition) is 15. The second-order valence-corrected chi connectivity index (χ2v) is 27.8. The maximum Gasteiger partial charge on any atom is 0.472 e. The monoisotopic (exact) mass is 1270 g/mol. The van der Waals surface area contributed by atoms with Crippen LogP contribution < -0.4 is 0 Å². The fraction of sp³-hybridized carbons (Fsp3) is 0.940. The van der Waals surface area contributed by atoms with Gasteiger partial charge in [-0.05, 0) is 37.5 Å². The number of aliphatic hydroxyl groups excluding tert-OH is 1. The van der Waals surface area contributed by atoms with Crippen molar-refractivity contribution in [3.8, 4) is 0 Å². The summed E-state index contributed by atoms with van der Waals surface area (Å²) in [6.07, 6.45) is 43.5. The van der Waals surface area contributed by atoms with Crippen molar-refractivity contribution in [2.45, 2.75) is 355 Å². The Hall–Kier alpha value is -1.94. The van der Waals surface area contributed by atoms with Gasteiger partial charge in [-0.25, -0.2) is 9.13 Å². The van der Waals surface area contributed by atoms with Crippen molar-refractivity contribution in [1.82, 2.24) is 0 Å². The summed E-state index contributed by atoms with van der Waals surface area (Å²) in [5, 5.41) is 10.5. The number of aliphatic hydroxyl groups is 1. The van der Waals surface area contributed by atoms with Crippen LogP contribution in [0.5, 0.6) is 0 Å². The fourth-order valence-electron chi connectivity index (χ4n) is 10.0. The van der Waals surface area contributed by atoms with Crippen LogP contribution in [0.25, 0.3) is 0 Å². The van der Waals surface area contributed by atoms with Crippen molar-refractivity contribution >= 4 is 39.5 Å². The Labute approximate surface area is 524 Å². The highest BCUT2D eigenvalue weighted by molar-refractivity contribution is 7.47. The molecule has 0 rings (SSSR count). The Morgan fingerprint density at radius 3 is 0.884 bits per heavy atom. The first kappa shape index (κ1) is 84.1. The minimum absolute atomic E-state index is 0.102. The zero-order valence-electron chi connectivity index (χ0n) is 55.6. The molecule has 0 aliphatic rings. The Balaban J connectivity index is 5.17. The number of carbonyl (C=O) groups is 4. The van der Waals surface area contributed by atoms with E-state index in [-0.39, 0.29) is 25.7 Å². The molecule has 0 spiro atoms. The third-order valence-electron chi connectivity index (χ3n) is 15.8. The van der Waals surface area contributed by atoms with E-state index in [0.717, 1.165) is 108 Å². The van der Waals surface area contributed by atoms with E-state index >= 15 is 0 Å². The van der Waals surface area contributed by atoms with Crippen molar-refractivity contribution in [3.63, 3.8) is 0 Å². The molecule has 0 saturated heterocycles. The Morgan fingerprint density at radius 1 is 0.337 bits per heavy atom. The van der Waals surface area contributed by atoms with Gasteiger partial charge in [-0.1, -0.05) is 286 Å². The van der Waals surface area contributed by atoms with E-state index in [0.29, 0.717) is 25.7 Å². The predicted octanol–water partition coefficient (Wildman–Crippen LogP) is 18.8. The summed E-state index contributed by atoms with van der Waals surface area (Å²) in [6, 6.07) is 0. The molecule has 17 nitrogen and oxygen atoms in total. The van der Waals surface area contributed by atoms with Gasteiger partial charge in [-0.2, -0.15) is 0 Å². The summed E-state index contributed by atoms with van der Waals surface area (Å²) in [7, 11) is -9.88. The van der Waals surface area contributed by atoms with Gasteiger partial charge in [0.15, 0.2) is 12.2 Å². The lowest BCUT2D eigenvalue weighted by atomic mass is 10.00. The summed E-state index contributed by atoms with van der Waals surface area (Å²) >= 11 is 0. The van der Waals surface area contributed by atoms with Gasteiger partial charge < -0.3 is 33.8 Å². The van der Waals surface area contributed by atoms with Crippen molar-refractivity contribution in [2.75, 3.05) is 39.6 Å². The quantitative estimate of drug-likeness (QED) is 0.0222. The van der Waals surface area contributed by atoms with Crippen molar-refractivity contribution in [3.05, 3.63) is 0 Å². The third-order valence-corrected chi connectivity index (χ3v) is 17.7. The molecule has 0 radical (unpaired) electrons. The van der Waals surface area contributed by atoms with E-state index in [4.69, 9.17) is 37.0 Å². The Morgan fingerprint density at radius 2 is 0.593 bits per heavy atom. The predicted molar refractivity (Wildman–Crippen MR) is 345 cm³/mol. The van der Waals surface area contributed by atoms with Gasteiger partial charge in [0, 0.05) is 25.7 Å². The van der Waals surface area contributed by atoms with Gasteiger partial charge in [0.05, 0.1) is 26.4 Å². The normalized spacial score (nSPS) is 14.5. The standard InChI is InChI=1S/C67H130O17P2/c1-7-10-12-14-15-16-17-18-19-20-21-22-25-29-32-39-45-51-66(71)83-63(56-78-65(70)50-44-38-31-28-26-23-24-27-30-36-41-47-59(4)5)58-82-86(75,76)80-54-61(68)53-79-85(73,74)81-57-62(55-77-64(69)49-43-35-13-11-8-2)84-67(72)52-46-40-34-33-37-42-48-60(6)9-3/h59-63,68H,7-58H2,1-6H3,(H,73,74)(H,75,76)/t60?,61-,62+,63+/m0/s1. The number of hydrogen-bond donors (Lipinski definition) is 3. The van der Waals surface area contributed by atoms with Crippen LogP contribution >= 0.6 is 15.6 Å². The number of esters is 4. The van der Waals surface area contributed by atoms with Gasteiger partial charge in [0.2, 0.25) is 0 Å². The number of unbranched alkanes of at least 4 members (excludes halogenated alkanes) is 35. The molecule has 510 valence electrons. The van der Waals surface area contributed by atoms with Gasteiger partial charge in [0.1, 0.15) is 19.3 Å². The van der Waals surface area contributed by atoms with Gasteiger partial charge in [-0.15, -0.1) is 0 Å². The van der Waals surface area contributed by atoms with Crippen LogP contribution in [0.15, 0.2) is 0 Å². The topological polar surface area (TPSA) is 237 Å². The van der Waals surface area contributed by atoms with Crippen LogP contribution in [-0.4, -0.2) is 96.7 Å². The minimum Gasteiger partial charge on any atom is -0.462 e. The zero-order valence-corrected chi connectivity index (χ0v) is 57.4. The molecule has 19 heteroatoms. The highest BCUT2D eigenvalue weighted by Gasteiger charge is 2.30. The molecular formula is C67H130O17P2. The first-order valence-corrected chi connectivity index (χ1v) is 38.0. The van der Waals surface area contributed by atoms with Crippen LogP contribution in [0, 0.1) is 11.8 Å². The number of ether oxygens (including phenoxy) is 4. The lowest BCUT2D eigenvalue weighted by Gasteiger charge is -2.21. The van der Waals surface area contributed by atoms with E-state index in [1.807, 2.05) is 0 Å². The minimum atomic E-state index is -4.95. The molecule has 0 amide bonds. The molecule has 86 heavy (non-hydrogen) atoms. The molecular weight excluding hydrogens is 1140 g/mol. The molecule has 0 aliphatic carbocycles. The van der Waals surface area contributed by atoms with Gasteiger partial charge in [0.25, 0.3) is 0 Å². The van der Waals surface area contributed by atoms with Crippen molar-refractivity contribution in [2.24, 2.45) is 11.8 Å². The maximum absolute atomic E-state index is 13.0. The molecule has 6 atom stereocenters. The molecule has 0 aromatic heterocycles. The third kappa shape index (κ3) is 59.7. The average Bonchev–Trinajstić information content (AvgIpc) is 3.52. The van der Waals surface area contributed by atoms with Crippen LogP contribution in [-0.2, 0) is 65.4 Å². The summed E-state index contributed by atoms with van der Waals surface area (Å²) in [4.78, 5) is 72.1. The van der Waals surface area contributed by atoms with Crippen LogP contribution in [0.3, 0.4) is 0 Å². The average molecular weight is 1270 g/mol. The number of rotatable bonds is 66. The Kier molecular flexibility index (Phi) is 58.0. The van der Waals surface area contributed by atoms with Crippen LogP contribution in [0.1, 0.15) is 337 Å². The molecule has 0 aromatic carbocycles. The first-order valence-electron chi connectivity index (χ1n) is 35.0. The number of phosphoric ester groups is 2. The highest BCUT2D eigenvalue weighted by Crippen LogP contribution is 2.45. The van der Waals surface area contributed by atoms with Gasteiger partial charge in [-0.3, -0.25) is 37.3 Å². The van der Waals surface area contributed by atoms with Crippen LogP contribution in [0.2, 0.25) is 0 Å². The van der Waals surface area contributed by atoms with Gasteiger partial charge >= 0.3 is 39.5 Å². The first-order chi connectivity index (χ1) is 41.4. The fourth-order valence-corrected chi connectivity index (χ4v) is 11.6. The van der Waals surface area contributed by atoms with Crippen molar-refractivity contribution in [1.29, 1.82) is 0 Å². The lowest BCUT2D eigenvalue weighted by molar-refractivity contribution is -0.161. The Bertz CT molecular complexity index is 1690. The molecule has 3 N–H and O–H groups in total. The lowest BCUT2D eigenvalue weighted by Crippen LogP contribution is -2.30. The second-order valence-electron chi connectivity index (χ2n) is 24.9. The number of carbonyl (C=O) groups excluding carboxylic acids is 4. The molecule has 0 bridgehead atoms. The van der Waals surface area contributed by atoms with E-state index in [1.54, 1.807) is 0 Å². The van der Waals surface area contributed by atoms with E-state index in [9.17, 15) is 43.2 Å². The summed E-state index contributed by atoms with van der Waals surface area (Å²) in [5.41, 5.74) is 0. The molecule has 0 heterocycles. The molecule has 0 aromatic rings. The molecule has 0 saturated carbocycles.